The Labute approximate surface area is 207 Å². The molecular weight excluding hydrogens is 400 g/mol. The number of nitrogens with zero attached hydrogens (tertiary/aromatic N) is 2. The molecule has 0 bridgehead atoms. The van der Waals surface area contributed by atoms with Crippen molar-refractivity contribution >= 4 is 0 Å². The fraction of sp³-hybridized carbons (Fsp3) is 1.00. The van der Waals surface area contributed by atoms with Gasteiger partial charge in [-0.15, -0.1) is 0 Å². The van der Waals surface area contributed by atoms with E-state index < -0.39 is 0 Å². The van der Waals surface area contributed by atoms with Gasteiger partial charge in [0.1, 0.15) is 0 Å². The molecule has 0 spiro atoms. The summed E-state index contributed by atoms with van der Waals surface area (Å²) in [4.78, 5) is 5.60. The van der Waals surface area contributed by atoms with Crippen LogP contribution in [0.1, 0.15) is 129 Å². The molecule has 2 heteroatoms. The number of hydrogen-bond acceptors (Lipinski definition) is 2. The average Bonchev–Trinajstić information content (AvgIpc) is 2.86. The number of hydrogen-bond donors (Lipinski definition) is 0. The van der Waals surface area contributed by atoms with Gasteiger partial charge in [0.2, 0.25) is 0 Å². The molecule has 2 nitrogen and oxygen atoms in total. The highest BCUT2D eigenvalue weighted by Crippen LogP contribution is 2.43. The molecule has 192 valence electrons. The van der Waals surface area contributed by atoms with Crippen LogP contribution in [-0.4, -0.2) is 48.6 Å². The maximum Gasteiger partial charge on any atom is 0.00963 e. The second-order valence-electron chi connectivity index (χ2n) is 13.2. The molecule has 0 aromatic rings. The summed E-state index contributed by atoms with van der Waals surface area (Å²) in [6, 6.07) is 2.58. The van der Waals surface area contributed by atoms with Gasteiger partial charge < -0.3 is 9.80 Å². The Kier molecular flexibility index (Phi) is 10.0. The molecule has 33 heavy (non-hydrogen) atoms. The number of rotatable bonds is 8. The van der Waals surface area contributed by atoms with Crippen molar-refractivity contribution < 1.29 is 0 Å². The van der Waals surface area contributed by atoms with E-state index in [2.05, 4.69) is 37.7 Å². The minimum Gasteiger partial charge on any atom is -0.303 e. The highest BCUT2D eigenvalue weighted by atomic mass is 15.2. The van der Waals surface area contributed by atoms with E-state index in [0.29, 0.717) is 0 Å². The van der Waals surface area contributed by atoms with Crippen molar-refractivity contribution in [2.45, 2.75) is 148 Å². The molecule has 0 aliphatic heterocycles. The summed E-state index contributed by atoms with van der Waals surface area (Å²) in [5, 5.41) is 0. The van der Waals surface area contributed by atoms with Crippen LogP contribution in [0.3, 0.4) is 0 Å². The summed E-state index contributed by atoms with van der Waals surface area (Å²) in [6.45, 7) is 6.31. The van der Waals surface area contributed by atoms with Crippen LogP contribution >= 0.6 is 0 Å². The van der Waals surface area contributed by atoms with Crippen molar-refractivity contribution in [3.8, 4) is 0 Å². The van der Waals surface area contributed by atoms with Crippen molar-refractivity contribution in [1.29, 1.82) is 0 Å². The van der Waals surface area contributed by atoms with E-state index in [1.54, 1.807) is 12.8 Å². The molecule has 4 aliphatic rings. The Balaban J connectivity index is 1.16. The van der Waals surface area contributed by atoms with E-state index in [4.69, 9.17) is 0 Å². The van der Waals surface area contributed by atoms with Crippen molar-refractivity contribution in [2.24, 2.45) is 29.6 Å². The molecule has 4 aliphatic carbocycles. The standard InChI is InChI=1S/C31H58N2/c1-5-31(26-9-7-6-8-10-26)27-15-13-25(14-16-27)23-32(3)28-19-21-30(22-20-28)33(4)29-17-11-24(2)12-18-29/h24-31H,5-23H2,1-4H3. The van der Waals surface area contributed by atoms with Gasteiger partial charge in [-0.1, -0.05) is 52.4 Å². The van der Waals surface area contributed by atoms with E-state index in [1.807, 2.05) is 0 Å². The quantitative estimate of drug-likeness (QED) is 0.362. The lowest BCUT2D eigenvalue weighted by atomic mass is 9.67. The van der Waals surface area contributed by atoms with Crippen molar-refractivity contribution in [3.63, 3.8) is 0 Å². The van der Waals surface area contributed by atoms with Gasteiger partial charge in [0.15, 0.2) is 0 Å². The lowest BCUT2D eigenvalue weighted by molar-refractivity contribution is 0.0637. The predicted molar refractivity (Wildman–Crippen MR) is 144 cm³/mol. The van der Waals surface area contributed by atoms with E-state index in [1.165, 1.54) is 109 Å². The first-order valence-corrected chi connectivity index (χ1v) is 15.5. The monoisotopic (exact) mass is 458 g/mol. The minimum atomic E-state index is 0.851. The minimum absolute atomic E-state index is 0.851. The van der Waals surface area contributed by atoms with E-state index in [-0.39, 0.29) is 0 Å². The molecule has 4 fully saturated rings. The second-order valence-corrected chi connectivity index (χ2v) is 13.2. The van der Waals surface area contributed by atoms with Crippen LogP contribution in [0, 0.1) is 29.6 Å². The van der Waals surface area contributed by atoms with Gasteiger partial charge in [-0.2, -0.15) is 0 Å². The van der Waals surface area contributed by atoms with E-state index >= 15 is 0 Å². The Morgan fingerprint density at radius 1 is 0.606 bits per heavy atom. The highest BCUT2D eigenvalue weighted by molar-refractivity contribution is 4.88. The van der Waals surface area contributed by atoms with Gasteiger partial charge in [0.05, 0.1) is 0 Å². The maximum absolute atomic E-state index is 2.81. The maximum atomic E-state index is 2.81. The molecule has 0 aromatic carbocycles. The van der Waals surface area contributed by atoms with Crippen LogP contribution in [0.15, 0.2) is 0 Å². The molecule has 0 radical (unpaired) electrons. The summed E-state index contributed by atoms with van der Waals surface area (Å²) in [5.74, 6) is 5.10. The molecule has 0 amide bonds. The molecule has 1 atom stereocenters. The fourth-order valence-electron chi connectivity index (χ4n) is 8.82. The predicted octanol–water partition coefficient (Wildman–Crippen LogP) is 8.15. The highest BCUT2D eigenvalue weighted by Gasteiger charge is 2.34. The van der Waals surface area contributed by atoms with Crippen LogP contribution in [0.25, 0.3) is 0 Å². The smallest absolute Gasteiger partial charge is 0.00963 e. The van der Waals surface area contributed by atoms with E-state index in [9.17, 15) is 0 Å². The first-order chi connectivity index (χ1) is 16.0. The zero-order valence-corrected chi connectivity index (χ0v) is 22.9. The lowest BCUT2D eigenvalue weighted by Gasteiger charge is -2.44. The van der Waals surface area contributed by atoms with Gasteiger partial charge in [-0.05, 0) is 121 Å². The van der Waals surface area contributed by atoms with Gasteiger partial charge in [0.25, 0.3) is 0 Å². The normalized spacial score (nSPS) is 38.0. The van der Waals surface area contributed by atoms with Crippen LogP contribution in [0.4, 0.5) is 0 Å². The van der Waals surface area contributed by atoms with Crippen LogP contribution < -0.4 is 0 Å². The Morgan fingerprint density at radius 2 is 1.12 bits per heavy atom. The van der Waals surface area contributed by atoms with Crippen LogP contribution in [0.5, 0.6) is 0 Å². The van der Waals surface area contributed by atoms with Crippen LogP contribution in [0.2, 0.25) is 0 Å². The average molecular weight is 459 g/mol. The molecule has 1 unspecified atom stereocenters. The zero-order valence-electron chi connectivity index (χ0n) is 22.9. The SMILES string of the molecule is CCC(C1CCCCC1)C1CCC(CN(C)C2CCC(N(C)C3CCC(C)CC3)CC2)CC1. The lowest BCUT2D eigenvalue weighted by Crippen LogP contribution is -2.47. The molecule has 4 saturated carbocycles. The van der Waals surface area contributed by atoms with Crippen molar-refractivity contribution in [3.05, 3.63) is 0 Å². The molecular formula is C31H58N2. The molecule has 0 heterocycles. The third-order valence-electron chi connectivity index (χ3n) is 11.2. The van der Waals surface area contributed by atoms with Crippen molar-refractivity contribution in [1.82, 2.24) is 9.80 Å². The summed E-state index contributed by atoms with van der Waals surface area (Å²) in [6.07, 6.45) is 26.7. The third kappa shape index (κ3) is 6.99. The van der Waals surface area contributed by atoms with Crippen LogP contribution in [-0.2, 0) is 0 Å². The fourth-order valence-corrected chi connectivity index (χ4v) is 8.82. The van der Waals surface area contributed by atoms with Gasteiger partial charge >= 0.3 is 0 Å². The summed E-state index contributed by atoms with van der Waals surface area (Å²) < 4.78 is 0. The summed E-state index contributed by atoms with van der Waals surface area (Å²) in [7, 11) is 4.91. The molecule has 0 saturated heterocycles. The summed E-state index contributed by atoms with van der Waals surface area (Å²) in [5.41, 5.74) is 0. The first kappa shape index (κ1) is 26.0. The Hall–Kier alpha value is -0.0800. The first-order valence-electron chi connectivity index (χ1n) is 15.5. The van der Waals surface area contributed by atoms with Crippen molar-refractivity contribution in [2.75, 3.05) is 20.6 Å². The van der Waals surface area contributed by atoms with E-state index in [0.717, 1.165) is 47.7 Å². The summed E-state index contributed by atoms with van der Waals surface area (Å²) >= 11 is 0. The Morgan fingerprint density at radius 3 is 1.70 bits per heavy atom. The second kappa shape index (κ2) is 12.8. The van der Waals surface area contributed by atoms with Gasteiger partial charge in [0, 0.05) is 24.7 Å². The Bertz CT molecular complexity index is 531. The third-order valence-corrected chi connectivity index (χ3v) is 11.2. The molecule has 4 rings (SSSR count). The zero-order chi connectivity index (χ0) is 23.2. The topological polar surface area (TPSA) is 6.48 Å². The van der Waals surface area contributed by atoms with Gasteiger partial charge in [-0.3, -0.25) is 0 Å². The molecule has 0 aromatic heterocycles. The largest absolute Gasteiger partial charge is 0.303 e. The molecule has 0 N–H and O–H groups in total. The van der Waals surface area contributed by atoms with Gasteiger partial charge in [-0.25, -0.2) is 0 Å².